The fourth-order valence-corrected chi connectivity index (χ4v) is 1.71. The standard InChI is InChI=1S/C16H16N4O2/c21-15(18-11-8-13-4-2-1-3-5-13)16(22)20-19-12-14-6-9-17-10-7-14/h1-7,9-10,12H,8,11H2,(H,18,21)(H,20,22)/b19-12-. The smallest absolute Gasteiger partial charge is 0.329 e. The number of benzene rings is 1. The lowest BCUT2D eigenvalue weighted by Gasteiger charge is -2.04. The van der Waals surface area contributed by atoms with Crippen LogP contribution in [0.4, 0.5) is 0 Å². The van der Waals surface area contributed by atoms with E-state index >= 15 is 0 Å². The van der Waals surface area contributed by atoms with Crippen molar-refractivity contribution in [3.8, 4) is 0 Å². The van der Waals surface area contributed by atoms with E-state index in [0.29, 0.717) is 13.0 Å². The molecule has 2 rings (SSSR count). The minimum atomic E-state index is -0.793. The molecule has 0 atom stereocenters. The van der Waals surface area contributed by atoms with E-state index in [9.17, 15) is 9.59 Å². The molecule has 2 aromatic rings. The molecule has 0 bridgehead atoms. The number of rotatable bonds is 5. The summed E-state index contributed by atoms with van der Waals surface area (Å²) in [5.74, 6) is -1.50. The van der Waals surface area contributed by atoms with Crippen molar-refractivity contribution in [2.45, 2.75) is 6.42 Å². The van der Waals surface area contributed by atoms with Gasteiger partial charge in [-0.15, -0.1) is 0 Å². The summed E-state index contributed by atoms with van der Waals surface area (Å²) in [6.07, 6.45) is 5.33. The van der Waals surface area contributed by atoms with E-state index in [2.05, 4.69) is 20.8 Å². The SMILES string of the molecule is O=C(NCCc1ccccc1)C(=O)N/N=C\c1ccncc1. The number of carbonyl (C=O) groups excluding carboxylic acids is 2. The van der Waals surface area contributed by atoms with Gasteiger partial charge in [0.05, 0.1) is 6.21 Å². The Morgan fingerprint density at radius 1 is 1.05 bits per heavy atom. The van der Waals surface area contributed by atoms with Gasteiger partial charge in [-0.3, -0.25) is 14.6 Å². The number of hydrogen-bond acceptors (Lipinski definition) is 4. The molecule has 0 fully saturated rings. The van der Waals surface area contributed by atoms with Crippen LogP contribution in [0.1, 0.15) is 11.1 Å². The summed E-state index contributed by atoms with van der Waals surface area (Å²) in [5.41, 5.74) is 4.05. The van der Waals surface area contributed by atoms with Gasteiger partial charge in [0.1, 0.15) is 0 Å². The van der Waals surface area contributed by atoms with Crippen molar-refractivity contribution in [1.29, 1.82) is 0 Å². The maximum absolute atomic E-state index is 11.6. The predicted molar refractivity (Wildman–Crippen MR) is 83.1 cm³/mol. The average molecular weight is 296 g/mol. The van der Waals surface area contributed by atoms with Crippen LogP contribution in [0.25, 0.3) is 0 Å². The molecular formula is C16H16N4O2. The first-order valence-electron chi connectivity index (χ1n) is 6.81. The lowest BCUT2D eigenvalue weighted by atomic mass is 10.1. The first kappa shape index (κ1) is 15.4. The first-order chi connectivity index (χ1) is 10.8. The summed E-state index contributed by atoms with van der Waals surface area (Å²) in [4.78, 5) is 27.0. The second kappa shape index (κ2) is 8.31. The molecule has 0 saturated heterocycles. The van der Waals surface area contributed by atoms with Crippen LogP contribution in [0.3, 0.4) is 0 Å². The second-order valence-electron chi connectivity index (χ2n) is 4.47. The molecule has 0 saturated carbocycles. The van der Waals surface area contributed by atoms with Crippen molar-refractivity contribution < 1.29 is 9.59 Å². The molecule has 6 nitrogen and oxygen atoms in total. The zero-order valence-electron chi connectivity index (χ0n) is 11.9. The van der Waals surface area contributed by atoms with Crippen LogP contribution in [0.2, 0.25) is 0 Å². The highest BCUT2D eigenvalue weighted by molar-refractivity contribution is 6.35. The van der Waals surface area contributed by atoms with Gasteiger partial charge in [0.25, 0.3) is 0 Å². The number of pyridine rings is 1. The molecule has 22 heavy (non-hydrogen) atoms. The number of hydrogen-bond donors (Lipinski definition) is 2. The molecule has 0 aliphatic heterocycles. The van der Waals surface area contributed by atoms with Crippen molar-refractivity contribution in [2.75, 3.05) is 6.54 Å². The zero-order valence-corrected chi connectivity index (χ0v) is 11.9. The summed E-state index contributed by atoms with van der Waals surface area (Å²) in [6, 6.07) is 13.2. The van der Waals surface area contributed by atoms with Crippen LogP contribution in [-0.2, 0) is 16.0 Å². The number of amides is 2. The Balaban J connectivity index is 1.71. The van der Waals surface area contributed by atoms with E-state index < -0.39 is 11.8 Å². The third-order valence-corrected chi connectivity index (χ3v) is 2.83. The third kappa shape index (κ3) is 5.16. The Bertz CT molecular complexity index is 642. The first-order valence-corrected chi connectivity index (χ1v) is 6.81. The Morgan fingerprint density at radius 2 is 1.77 bits per heavy atom. The largest absolute Gasteiger partial charge is 0.347 e. The van der Waals surface area contributed by atoms with Gasteiger partial charge in [-0.1, -0.05) is 30.3 Å². The van der Waals surface area contributed by atoms with Crippen LogP contribution < -0.4 is 10.7 Å². The van der Waals surface area contributed by atoms with Crippen LogP contribution in [0.5, 0.6) is 0 Å². The second-order valence-corrected chi connectivity index (χ2v) is 4.47. The molecule has 0 aliphatic rings. The zero-order chi connectivity index (χ0) is 15.6. The molecule has 1 aromatic heterocycles. The van der Waals surface area contributed by atoms with Crippen LogP contribution >= 0.6 is 0 Å². The highest BCUT2D eigenvalue weighted by Gasteiger charge is 2.11. The van der Waals surface area contributed by atoms with Gasteiger partial charge < -0.3 is 5.32 Å². The average Bonchev–Trinajstić information content (AvgIpc) is 2.56. The molecule has 2 N–H and O–H groups in total. The summed E-state index contributed by atoms with van der Waals surface area (Å²) in [5, 5.41) is 6.26. The van der Waals surface area contributed by atoms with E-state index in [-0.39, 0.29) is 0 Å². The fourth-order valence-electron chi connectivity index (χ4n) is 1.71. The lowest BCUT2D eigenvalue weighted by molar-refractivity contribution is -0.139. The van der Waals surface area contributed by atoms with Crippen LogP contribution in [0.15, 0.2) is 60.0 Å². The molecule has 1 aromatic carbocycles. The summed E-state index contributed by atoms with van der Waals surface area (Å²) < 4.78 is 0. The Morgan fingerprint density at radius 3 is 2.50 bits per heavy atom. The van der Waals surface area contributed by atoms with E-state index in [0.717, 1.165) is 11.1 Å². The van der Waals surface area contributed by atoms with Crippen molar-refractivity contribution in [1.82, 2.24) is 15.7 Å². The summed E-state index contributed by atoms with van der Waals surface area (Å²) in [7, 11) is 0. The van der Waals surface area contributed by atoms with Gasteiger partial charge in [-0.05, 0) is 29.7 Å². The Labute approximate surface area is 128 Å². The molecule has 6 heteroatoms. The Hall–Kier alpha value is -3.02. The van der Waals surface area contributed by atoms with E-state index in [1.54, 1.807) is 24.5 Å². The predicted octanol–water partition coefficient (Wildman–Crippen LogP) is 0.891. The van der Waals surface area contributed by atoms with Crippen molar-refractivity contribution in [3.63, 3.8) is 0 Å². The fraction of sp³-hybridized carbons (Fsp3) is 0.125. The molecule has 0 spiro atoms. The van der Waals surface area contributed by atoms with Crippen molar-refractivity contribution >= 4 is 18.0 Å². The number of carbonyl (C=O) groups is 2. The van der Waals surface area contributed by atoms with Gasteiger partial charge in [-0.2, -0.15) is 5.10 Å². The van der Waals surface area contributed by atoms with Gasteiger partial charge in [0, 0.05) is 18.9 Å². The van der Waals surface area contributed by atoms with Gasteiger partial charge >= 0.3 is 11.8 Å². The molecule has 0 unspecified atom stereocenters. The quantitative estimate of drug-likeness (QED) is 0.488. The Kier molecular flexibility index (Phi) is 5.80. The normalized spacial score (nSPS) is 10.4. The number of nitrogens with one attached hydrogen (secondary N) is 2. The molecular weight excluding hydrogens is 280 g/mol. The molecule has 0 aliphatic carbocycles. The summed E-state index contributed by atoms with van der Waals surface area (Å²) >= 11 is 0. The van der Waals surface area contributed by atoms with Gasteiger partial charge in [-0.25, -0.2) is 5.43 Å². The minimum Gasteiger partial charge on any atom is -0.347 e. The van der Waals surface area contributed by atoms with Crippen molar-refractivity contribution in [3.05, 3.63) is 66.0 Å². The maximum Gasteiger partial charge on any atom is 0.329 e. The highest BCUT2D eigenvalue weighted by atomic mass is 16.2. The van der Waals surface area contributed by atoms with Gasteiger partial charge in [0.15, 0.2) is 0 Å². The third-order valence-electron chi connectivity index (χ3n) is 2.83. The molecule has 2 amide bonds. The molecule has 0 radical (unpaired) electrons. The van der Waals surface area contributed by atoms with Crippen LogP contribution in [0, 0.1) is 0 Å². The summed E-state index contributed by atoms with van der Waals surface area (Å²) in [6.45, 7) is 0.393. The van der Waals surface area contributed by atoms with E-state index in [4.69, 9.17) is 0 Å². The van der Waals surface area contributed by atoms with E-state index in [1.807, 2.05) is 30.3 Å². The van der Waals surface area contributed by atoms with E-state index in [1.165, 1.54) is 6.21 Å². The minimum absolute atomic E-state index is 0.393. The number of aromatic nitrogens is 1. The number of hydrazone groups is 1. The highest BCUT2D eigenvalue weighted by Crippen LogP contribution is 1.97. The van der Waals surface area contributed by atoms with Crippen LogP contribution in [-0.4, -0.2) is 29.6 Å². The number of nitrogens with zero attached hydrogens (tertiary/aromatic N) is 2. The van der Waals surface area contributed by atoms with Crippen molar-refractivity contribution in [2.24, 2.45) is 5.10 Å². The topological polar surface area (TPSA) is 83.5 Å². The lowest BCUT2D eigenvalue weighted by Crippen LogP contribution is -2.38. The van der Waals surface area contributed by atoms with Gasteiger partial charge in [0.2, 0.25) is 0 Å². The maximum atomic E-state index is 11.6. The molecule has 112 valence electrons. The monoisotopic (exact) mass is 296 g/mol. The molecule has 1 heterocycles.